The minimum atomic E-state index is -4.79. The number of halogens is 6. The molecule has 6 amide bonds. The van der Waals surface area contributed by atoms with Crippen LogP contribution < -0.4 is 20.4 Å². The van der Waals surface area contributed by atoms with Crippen LogP contribution in [0.25, 0.3) is 0 Å². The summed E-state index contributed by atoms with van der Waals surface area (Å²) in [6, 6.07) is 19.0. The molecular formula is C54H54F6N9O8+. The molecule has 0 radical (unpaired) electrons. The lowest BCUT2D eigenvalue weighted by Gasteiger charge is -2.42. The van der Waals surface area contributed by atoms with Crippen LogP contribution in [0.4, 0.5) is 47.3 Å². The number of quaternary nitrogens is 1. The van der Waals surface area contributed by atoms with Crippen LogP contribution in [0.5, 0.6) is 0 Å². The first kappa shape index (κ1) is 57.6. The van der Waals surface area contributed by atoms with E-state index in [-0.39, 0.29) is 88.9 Å². The van der Waals surface area contributed by atoms with E-state index < -0.39 is 84.5 Å². The number of carbonyl (C=O) groups is 6. The highest BCUT2D eigenvalue weighted by atomic mass is 19.4. The summed E-state index contributed by atoms with van der Waals surface area (Å²) in [4.78, 5) is 88.2. The molecule has 6 rings (SSSR count). The molecule has 0 fully saturated rings. The highest BCUT2D eigenvalue weighted by Crippen LogP contribution is 2.43. The molecule has 404 valence electrons. The van der Waals surface area contributed by atoms with Gasteiger partial charge in [-0.05, 0) is 99.5 Å². The maximum Gasteiger partial charge on any atom is 0.416 e. The second kappa shape index (κ2) is 23.9. The molecule has 0 spiro atoms. The lowest BCUT2D eigenvalue weighted by Crippen LogP contribution is -2.55. The number of amides is 6. The van der Waals surface area contributed by atoms with Gasteiger partial charge in [0.05, 0.1) is 122 Å². The van der Waals surface area contributed by atoms with Crippen molar-refractivity contribution in [3.63, 3.8) is 0 Å². The van der Waals surface area contributed by atoms with Crippen molar-refractivity contribution in [2.24, 2.45) is 0 Å². The average molecular weight is 1070 g/mol. The molecule has 0 bridgehead atoms. The third-order valence-corrected chi connectivity index (χ3v) is 12.8. The summed E-state index contributed by atoms with van der Waals surface area (Å²) in [6.07, 6.45) is -9.58. The zero-order valence-electron chi connectivity index (χ0n) is 42.7. The molecule has 17 nitrogen and oxygen atoms in total. The maximum atomic E-state index is 14.6. The predicted octanol–water partition coefficient (Wildman–Crippen LogP) is 8.12. The smallest absolute Gasteiger partial charge is 0.416 e. The van der Waals surface area contributed by atoms with E-state index in [9.17, 15) is 65.6 Å². The number of likely N-dealkylation sites (N-methyl/N-ethyl adjacent to an activating group) is 1. The molecule has 0 saturated heterocycles. The van der Waals surface area contributed by atoms with Crippen LogP contribution in [-0.4, -0.2) is 117 Å². The normalized spacial score (nSPS) is 16.2. The van der Waals surface area contributed by atoms with E-state index in [2.05, 4.69) is 10.6 Å². The number of hydrogen-bond acceptors (Lipinski definition) is 10. The number of nitrogens with zero attached hydrogens (tertiary/aromatic N) is 7. The Labute approximate surface area is 439 Å². The Morgan fingerprint density at radius 2 is 0.948 bits per heavy atom. The molecule has 4 aromatic carbocycles. The second-order valence-corrected chi connectivity index (χ2v) is 18.4. The molecule has 4 aromatic rings. The van der Waals surface area contributed by atoms with E-state index >= 15 is 0 Å². The van der Waals surface area contributed by atoms with E-state index in [1.165, 1.54) is 74.5 Å². The van der Waals surface area contributed by atoms with Crippen molar-refractivity contribution in [2.75, 3.05) is 76.4 Å². The number of nitrogens with one attached hydrogen (secondary N) is 2. The summed E-state index contributed by atoms with van der Waals surface area (Å²) in [5, 5.41) is 24.5. The van der Waals surface area contributed by atoms with Gasteiger partial charge in [0, 0.05) is 11.4 Å². The Morgan fingerprint density at radius 3 is 1.26 bits per heavy atom. The molecule has 2 aliphatic rings. The Kier molecular flexibility index (Phi) is 17.9. The predicted molar refractivity (Wildman–Crippen MR) is 266 cm³/mol. The molecule has 2 heterocycles. The summed E-state index contributed by atoms with van der Waals surface area (Å²) in [7, 11) is 3.56. The molecule has 2 aliphatic heterocycles. The first-order valence-corrected chi connectivity index (χ1v) is 24.0. The number of carbonyl (C=O) groups excluding carboxylic acids is 6. The number of urea groups is 2. The van der Waals surface area contributed by atoms with Gasteiger partial charge in [-0.2, -0.15) is 36.9 Å². The van der Waals surface area contributed by atoms with Crippen LogP contribution in [0.15, 0.2) is 120 Å². The number of anilines is 2. The van der Waals surface area contributed by atoms with Gasteiger partial charge in [0.15, 0.2) is 0 Å². The van der Waals surface area contributed by atoms with Crippen LogP contribution >= 0.6 is 0 Å². The fourth-order valence-electron chi connectivity index (χ4n) is 8.92. The molecule has 0 aromatic heterocycles. The first-order valence-electron chi connectivity index (χ1n) is 24.0. The SMILES string of the molecule is CCOC(=O)C1=C(C)N(c2cccc(C(F)(F)F)c2)C(=O)N(CC(=O)NCC[N+](C)(C)CCNC(=O)CN2C(=O)N(c3cccc(C(F)(F)F)c3)C(C)=C(C(=O)OCC)C2c2ccc(C#N)cc2)C1c1ccc(C#N)cc1. The summed E-state index contributed by atoms with van der Waals surface area (Å²) < 4.78 is 94.5. The van der Waals surface area contributed by atoms with Crippen molar-refractivity contribution in [3.8, 4) is 12.1 Å². The zero-order chi connectivity index (χ0) is 56.6. The van der Waals surface area contributed by atoms with Crippen molar-refractivity contribution in [3.05, 3.63) is 153 Å². The Hall–Kier alpha value is -8.70. The topological polar surface area (TPSA) is 205 Å². The molecule has 0 saturated carbocycles. The number of hydrogen-bond donors (Lipinski definition) is 2. The van der Waals surface area contributed by atoms with Gasteiger partial charge in [0.25, 0.3) is 0 Å². The molecule has 23 heteroatoms. The van der Waals surface area contributed by atoms with Crippen molar-refractivity contribution in [1.82, 2.24) is 20.4 Å². The van der Waals surface area contributed by atoms with Crippen molar-refractivity contribution >= 4 is 47.2 Å². The number of benzene rings is 4. The molecule has 2 unspecified atom stereocenters. The van der Waals surface area contributed by atoms with Crippen LogP contribution in [0.2, 0.25) is 0 Å². The molecule has 2 atom stereocenters. The lowest BCUT2D eigenvalue weighted by atomic mass is 9.92. The molecule has 0 aliphatic carbocycles. The largest absolute Gasteiger partial charge is 0.463 e. The second-order valence-electron chi connectivity index (χ2n) is 18.4. The fraction of sp³-hybridized carbons (Fsp3) is 0.333. The number of esters is 2. The van der Waals surface area contributed by atoms with E-state index in [4.69, 9.17) is 9.47 Å². The monoisotopic (exact) mass is 1070 g/mol. The standard InChI is InChI=1S/C54H53F6N9O8/c1-7-76-49(72)45-33(3)67(41-13-9-11-39(27-41)53(55,56)57)51(74)65(47(45)37-19-15-35(29-61)16-20-37)31-43(70)63-23-25-69(5,6)26-24-64-44(71)32-66-48(38-21-17-36(30-62)18-22-38)46(50(73)77-8-2)34(4)68(52(66)75)42-14-10-12-40(28-42)54(58,59)60/h9-22,27-28,47-48H,7-8,23-26,31-32H2,1-6H3,(H-,63,64,70,71)/p+1. The molecule has 2 N–H and O–H groups in total. The Morgan fingerprint density at radius 1 is 0.597 bits per heavy atom. The van der Waals surface area contributed by atoms with Gasteiger partial charge < -0.3 is 34.4 Å². The quantitative estimate of drug-likeness (QED) is 0.0556. The number of allylic oxidation sites excluding steroid dienone is 2. The van der Waals surface area contributed by atoms with E-state index in [1.807, 2.05) is 12.1 Å². The summed E-state index contributed by atoms with van der Waals surface area (Å²) in [5.74, 6) is -3.24. The van der Waals surface area contributed by atoms with Gasteiger partial charge >= 0.3 is 36.4 Å². The van der Waals surface area contributed by atoms with Gasteiger partial charge in [-0.1, -0.05) is 36.4 Å². The lowest BCUT2D eigenvalue weighted by molar-refractivity contribution is -0.887. The minimum absolute atomic E-state index is 0.0114. The van der Waals surface area contributed by atoms with Gasteiger partial charge in [-0.15, -0.1) is 0 Å². The van der Waals surface area contributed by atoms with Gasteiger partial charge in [0.1, 0.15) is 13.1 Å². The molecular weight excluding hydrogens is 1020 g/mol. The number of nitriles is 2. The highest BCUT2D eigenvalue weighted by molar-refractivity contribution is 6.05. The van der Waals surface area contributed by atoms with E-state index in [0.29, 0.717) is 11.1 Å². The highest BCUT2D eigenvalue weighted by Gasteiger charge is 2.46. The number of rotatable bonds is 18. The average Bonchev–Trinajstić information content (AvgIpc) is 3.38. The van der Waals surface area contributed by atoms with Gasteiger partial charge in [0.2, 0.25) is 11.8 Å². The summed E-state index contributed by atoms with van der Waals surface area (Å²) in [6.45, 7) is 4.65. The number of alkyl halides is 6. The van der Waals surface area contributed by atoms with Crippen LogP contribution in [0.1, 0.15) is 73.2 Å². The number of ether oxygens (including phenoxy) is 2. The van der Waals surface area contributed by atoms with E-state index in [1.54, 1.807) is 27.9 Å². The van der Waals surface area contributed by atoms with Crippen molar-refractivity contribution in [2.45, 2.75) is 52.1 Å². The van der Waals surface area contributed by atoms with Crippen LogP contribution in [0, 0.1) is 22.7 Å². The minimum Gasteiger partial charge on any atom is -0.463 e. The van der Waals surface area contributed by atoms with E-state index in [0.717, 1.165) is 56.0 Å². The maximum absolute atomic E-state index is 14.6. The van der Waals surface area contributed by atoms with Gasteiger partial charge in [-0.3, -0.25) is 19.4 Å². The van der Waals surface area contributed by atoms with Crippen molar-refractivity contribution < 1.29 is 69.1 Å². The first-order chi connectivity index (χ1) is 36.3. The fourth-order valence-corrected chi connectivity index (χ4v) is 8.92. The molecule has 77 heavy (non-hydrogen) atoms. The third-order valence-electron chi connectivity index (χ3n) is 12.8. The summed E-state index contributed by atoms with van der Waals surface area (Å²) in [5.41, 5.74) is -1.92. The van der Waals surface area contributed by atoms with Crippen LogP contribution in [0.3, 0.4) is 0 Å². The van der Waals surface area contributed by atoms with Crippen LogP contribution in [-0.2, 0) is 41.0 Å². The zero-order valence-corrected chi connectivity index (χ0v) is 42.7. The van der Waals surface area contributed by atoms with Gasteiger partial charge in [-0.25, -0.2) is 19.2 Å². The Bertz CT molecular complexity index is 2870. The third kappa shape index (κ3) is 13.2. The summed E-state index contributed by atoms with van der Waals surface area (Å²) >= 11 is 0. The van der Waals surface area contributed by atoms with Crippen molar-refractivity contribution in [1.29, 1.82) is 10.5 Å². The Balaban J connectivity index is 1.19.